The van der Waals surface area contributed by atoms with Gasteiger partial charge in [-0.25, -0.2) is 27.2 Å². The number of halogens is 4. The number of hydrogen-bond donors (Lipinski definition) is 0. The van der Waals surface area contributed by atoms with E-state index >= 15 is 0 Å². The first kappa shape index (κ1) is 42.1. The van der Waals surface area contributed by atoms with Crippen LogP contribution in [0, 0.1) is 23.3 Å². The van der Waals surface area contributed by atoms with E-state index in [0.717, 1.165) is 61.6 Å². The van der Waals surface area contributed by atoms with Crippen LogP contribution in [-0.4, -0.2) is 80.9 Å². The van der Waals surface area contributed by atoms with Crippen molar-refractivity contribution in [2.24, 2.45) is 0 Å². The van der Waals surface area contributed by atoms with Gasteiger partial charge >= 0.3 is 11.9 Å². The number of nitrogens with zero attached hydrogens (tertiary/aromatic N) is 6. The number of carbonyl (C=O) groups is 2. The van der Waals surface area contributed by atoms with Gasteiger partial charge < -0.3 is 19.5 Å². The Morgan fingerprint density at radius 1 is 0.532 bits per heavy atom. The molecule has 2 aliphatic rings. The van der Waals surface area contributed by atoms with Crippen LogP contribution in [-0.2, 0) is 22.4 Å². The number of hydrogen-bond acceptors (Lipinski definition) is 8. The van der Waals surface area contributed by atoms with Crippen LogP contribution < -0.4 is 9.68 Å². The number of aromatic nitrogens is 4. The summed E-state index contributed by atoms with van der Waals surface area (Å²) in [5.41, 5.74) is 7.00. The fourth-order valence-corrected chi connectivity index (χ4v) is 7.78. The van der Waals surface area contributed by atoms with Crippen molar-refractivity contribution in [2.75, 3.05) is 39.3 Å². The molecule has 2 saturated heterocycles. The Morgan fingerprint density at radius 3 is 1.27 bits per heavy atom. The standard InChI is InChI=1S/C48H44F4N6O4/c49-41-13-9-35(10-14-41)45-39(21-27-55-23-17-33(18-24-55)29-37-5-1-3-7-43(37)51)31-57(53-45)61-47(59)48(60)62-58-32-40(46(54-58)36-11-15-42(50)16-12-36)22-28-56-25-19-34(20-26-56)30-38-6-2-4-8-44(38)52/h1-16,29-32H,17-28H2. The molecule has 318 valence electrons. The number of benzene rings is 4. The van der Waals surface area contributed by atoms with Crippen LogP contribution in [0.1, 0.15) is 47.9 Å². The molecule has 0 unspecified atom stereocenters. The van der Waals surface area contributed by atoms with Crippen molar-refractivity contribution in [3.8, 4) is 22.5 Å². The highest BCUT2D eigenvalue weighted by Gasteiger charge is 2.25. The molecule has 0 aliphatic carbocycles. The maximum Gasteiger partial charge on any atom is 0.445 e. The zero-order valence-corrected chi connectivity index (χ0v) is 33.9. The van der Waals surface area contributed by atoms with Crippen molar-refractivity contribution in [1.29, 1.82) is 0 Å². The second kappa shape index (κ2) is 19.4. The number of likely N-dealkylation sites (tertiary alicyclic amines) is 2. The van der Waals surface area contributed by atoms with Crippen LogP contribution in [0.3, 0.4) is 0 Å². The van der Waals surface area contributed by atoms with Gasteiger partial charge in [-0.15, -0.1) is 10.2 Å². The lowest BCUT2D eigenvalue weighted by Crippen LogP contribution is -2.35. The third-order valence-corrected chi connectivity index (χ3v) is 11.2. The summed E-state index contributed by atoms with van der Waals surface area (Å²) in [5.74, 6) is -4.05. The van der Waals surface area contributed by atoms with Crippen LogP contribution in [0.5, 0.6) is 0 Å². The summed E-state index contributed by atoms with van der Waals surface area (Å²) in [6.45, 7) is 4.38. The average Bonchev–Trinajstić information content (AvgIpc) is 3.88. The lowest BCUT2D eigenvalue weighted by molar-refractivity contribution is -0.170. The lowest BCUT2D eigenvalue weighted by Gasteiger charge is -2.28. The van der Waals surface area contributed by atoms with Gasteiger partial charge in [0.05, 0.1) is 23.8 Å². The largest absolute Gasteiger partial charge is 0.445 e. The van der Waals surface area contributed by atoms with Gasteiger partial charge in [-0.3, -0.25) is 0 Å². The van der Waals surface area contributed by atoms with Gasteiger partial charge in [0.1, 0.15) is 23.3 Å². The second-order valence-electron chi connectivity index (χ2n) is 15.4. The van der Waals surface area contributed by atoms with E-state index in [4.69, 9.17) is 9.68 Å². The van der Waals surface area contributed by atoms with Crippen molar-refractivity contribution in [3.05, 3.63) is 166 Å². The second-order valence-corrected chi connectivity index (χ2v) is 15.4. The monoisotopic (exact) mass is 844 g/mol. The van der Waals surface area contributed by atoms with E-state index in [0.29, 0.717) is 70.7 Å². The van der Waals surface area contributed by atoms with Gasteiger partial charge in [0.25, 0.3) is 0 Å². The molecule has 14 heteroatoms. The molecule has 0 saturated carbocycles. The van der Waals surface area contributed by atoms with E-state index in [1.54, 1.807) is 48.5 Å². The molecular weight excluding hydrogens is 801 g/mol. The van der Waals surface area contributed by atoms with Crippen LogP contribution in [0.2, 0.25) is 0 Å². The first-order chi connectivity index (χ1) is 30.1. The van der Waals surface area contributed by atoms with Gasteiger partial charge in [0.15, 0.2) is 0 Å². The van der Waals surface area contributed by atoms with Crippen LogP contribution in [0.25, 0.3) is 34.7 Å². The molecule has 0 radical (unpaired) electrons. The van der Waals surface area contributed by atoms with Crippen molar-refractivity contribution < 1.29 is 36.8 Å². The molecule has 0 bridgehead atoms. The molecule has 8 rings (SSSR count). The maximum atomic E-state index is 14.2. The predicted octanol–water partition coefficient (Wildman–Crippen LogP) is 8.02. The third-order valence-electron chi connectivity index (χ3n) is 11.2. The van der Waals surface area contributed by atoms with E-state index in [-0.39, 0.29) is 11.6 Å². The van der Waals surface area contributed by atoms with Crippen molar-refractivity contribution in [3.63, 3.8) is 0 Å². The molecule has 4 aromatic carbocycles. The van der Waals surface area contributed by atoms with E-state index in [2.05, 4.69) is 20.0 Å². The minimum Gasteiger partial charge on any atom is -0.307 e. The Bertz CT molecular complexity index is 2400. The van der Waals surface area contributed by atoms with Crippen molar-refractivity contribution >= 4 is 24.1 Å². The van der Waals surface area contributed by atoms with Gasteiger partial charge in [-0.05, 0) is 99.2 Å². The summed E-state index contributed by atoms with van der Waals surface area (Å²) in [4.78, 5) is 43.3. The number of rotatable bonds is 12. The molecule has 0 N–H and O–H groups in total. The highest BCUT2D eigenvalue weighted by molar-refractivity contribution is 6.29. The van der Waals surface area contributed by atoms with Crippen molar-refractivity contribution in [2.45, 2.75) is 38.5 Å². The smallest absolute Gasteiger partial charge is 0.307 e. The maximum absolute atomic E-state index is 14.2. The Labute approximate surface area is 356 Å². The molecule has 62 heavy (non-hydrogen) atoms. The van der Waals surface area contributed by atoms with Gasteiger partial charge in [-0.1, -0.05) is 69.4 Å². The average molecular weight is 845 g/mol. The SMILES string of the molecule is O=C(On1cc(CCN2CCC(=Cc3ccccc3F)CC2)c(-c2ccc(F)cc2)n1)C(=O)On1cc(CCN2CCC(=Cc3ccccc3F)CC2)c(-c2ccc(F)cc2)n1. The van der Waals surface area contributed by atoms with Gasteiger partial charge in [0, 0.05) is 72.6 Å². The van der Waals surface area contributed by atoms with E-state index in [1.807, 2.05) is 24.3 Å². The minimum atomic E-state index is -1.36. The van der Waals surface area contributed by atoms with Crippen LogP contribution in [0.15, 0.2) is 121 Å². The molecule has 6 aromatic rings. The minimum absolute atomic E-state index is 0.249. The molecule has 2 aliphatic heterocycles. The van der Waals surface area contributed by atoms with Gasteiger partial charge in [0.2, 0.25) is 0 Å². The van der Waals surface area contributed by atoms with Crippen LogP contribution in [0.4, 0.5) is 17.6 Å². The van der Waals surface area contributed by atoms with E-state index in [9.17, 15) is 27.2 Å². The normalized spacial score (nSPS) is 14.8. The third kappa shape index (κ3) is 10.6. The summed E-state index contributed by atoms with van der Waals surface area (Å²) < 4.78 is 56.2. The fourth-order valence-electron chi connectivity index (χ4n) is 7.78. The Morgan fingerprint density at radius 2 is 0.903 bits per heavy atom. The first-order valence-corrected chi connectivity index (χ1v) is 20.6. The van der Waals surface area contributed by atoms with Crippen molar-refractivity contribution in [1.82, 2.24) is 29.7 Å². The molecular formula is C48H44F4N6O4. The molecule has 0 atom stereocenters. The number of carbonyl (C=O) groups excluding carboxylic acids is 2. The molecule has 2 aromatic heterocycles. The molecule has 0 spiro atoms. The Kier molecular flexibility index (Phi) is 13.2. The quantitative estimate of drug-likeness (QED) is 0.0904. The van der Waals surface area contributed by atoms with E-state index in [1.165, 1.54) is 59.9 Å². The highest BCUT2D eigenvalue weighted by Crippen LogP contribution is 2.27. The highest BCUT2D eigenvalue weighted by atomic mass is 19.1. The Hall–Kier alpha value is -6.64. The predicted molar refractivity (Wildman–Crippen MR) is 226 cm³/mol. The lowest BCUT2D eigenvalue weighted by atomic mass is 10.00. The van der Waals surface area contributed by atoms with Crippen LogP contribution >= 0.6 is 0 Å². The zero-order valence-electron chi connectivity index (χ0n) is 33.9. The topological polar surface area (TPSA) is 94.7 Å². The zero-order chi connectivity index (χ0) is 43.0. The molecule has 0 amide bonds. The molecule has 2 fully saturated rings. The molecule has 4 heterocycles. The first-order valence-electron chi connectivity index (χ1n) is 20.6. The summed E-state index contributed by atoms with van der Waals surface area (Å²) in [6, 6.07) is 24.9. The summed E-state index contributed by atoms with van der Waals surface area (Å²) in [6.07, 6.45) is 11.0. The van der Waals surface area contributed by atoms with E-state index < -0.39 is 23.6 Å². The summed E-state index contributed by atoms with van der Waals surface area (Å²) >= 11 is 0. The summed E-state index contributed by atoms with van der Waals surface area (Å²) in [7, 11) is 0. The Balaban J connectivity index is 0.910. The number of piperidine rings is 2. The molecule has 10 nitrogen and oxygen atoms in total. The van der Waals surface area contributed by atoms with Gasteiger partial charge in [-0.2, -0.15) is 0 Å². The summed E-state index contributed by atoms with van der Waals surface area (Å²) in [5, 5.41) is 8.87. The fraction of sp³-hybridized carbons (Fsp3) is 0.250.